The van der Waals surface area contributed by atoms with Gasteiger partial charge in [0.25, 0.3) is 0 Å². The Balaban J connectivity index is 1.77. The molecule has 1 aliphatic carbocycles. The fourth-order valence-corrected chi connectivity index (χ4v) is 3.74. The molecule has 0 aliphatic heterocycles. The van der Waals surface area contributed by atoms with Crippen LogP contribution < -0.4 is 4.74 Å². The van der Waals surface area contributed by atoms with Crippen LogP contribution in [0.4, 0.5) is 0 Å². The van der Waals surface area contributed by atoms with E-state index in [1.165, 1.54) is 0 Å². The number of nitrogens with one attached hydrogen (secondary N) is 1. The van der Waals surface area contributed by atoms with Gasteiger partial charge in [0.15, 0.2) is 5.78 Å². The van der Waals surface area contributed by atoms with Gasteiger partial charge < -0.3 is 14.5 Å². The lowest BCUT2D eigenvalue weighted by atomic mass is 9.81. The van der Waals surface area contributed by atoms with Crippen LogP contribution in [-0.2, 0) is 11.2 Å². The number of H-pyrrole nitrogens is 1. The number of rotatable bonds is 7. The molecule has 0 fully saturated rings. The van der Waals surface area contributed by atoms with Crippen molar-refractivity contribution in [1.82, 2.24) is 4.98 Å². The number of hydrogen-bond donors (Lipinski definition) is 1. The van der Waals surface area contributed by atoms with Crippen LogP contribution >= 0.6 is 0 Å². The van der Waals surface area contributed by atoms with Gasteiger partial charge in [0.1, 0.15) is 11.4 Å². The van der Waals surface area contributed by atoms with Crippen LogP contribution in [0.2, 0.25) is 0 Å². The number of unbranched alkanes of at least 4 members (excludes halogenated alkanes) is 2. The molecule has 1 atom stereocenters. The van der Waals surface area contributed by atoms with Gasteiger partial charge in [-0.05, 0) is 48.9 Å². The van der Waals surface area contributed by atoms with E-state index in [2.05, 4.69) is 11.9 Å². The number of aromatic nitrogens is 1. The van der Waals surface area contributed by atoms with E-state index in [0.717, 1.165) is 36.3 Å². The van der Waals surface area contributed by atoms with E-state index < -0.39 is 0 Å². The molecule has 1 unspecified atom stereocenters. The lowest BCUT2D eigenvalue weighted by molar-refractivity contribution is 0.0491. The van der Waals surface area contributed by atoms with E-state index in [9.17, 15) is 9.59 Å². The van der Waals surface area contributed by atoms with E-state index in [1.54, 1.807) is 7.11 Å². The second kappa shape index (κ2) is 8.42. The molecule has 27 heavy (non-hydrogen) atoms. The molecule has 0 saturated heterocycles. The van der Waals surface area contributed by atoms with Gasteiger partial charge in [-0.25, -0.2) is 4.79 Å². The third-order valence-electron chi connectivity index (χ3n) is 5.26. The number of methoxy groups -OCH3 is 1. The summed E-state index contributed by atoms with van der Waals surface area (Å²) in [4.78, 5) is 28.3. The van der Waals surface area contributed by atoms with Crippen LogP contribution in [0.15, 0.2) is 24.3 Å². The van der Waals surface area contributed by atoms with E-state index in [0.29, 0.717) is 36.3 Å². The molecule has 5 nitrogen and oxygen atoms in total. The summed E-state index contributed by atoms with van der Waals surface area (Å²) in [7, 11) is 1.63. The zero-order valence-electron chi connectivity index (χ0n) is 16.3. The van der Waals surface area contributed by atoms with Crippen molar-refractivity contribution in [3.8, 4) is 5.75 Å². The van der Waals surface area contributed by atoms with Gasteiger partial charge in [0.2, 0.25) is 0 Å². The number of fused-ring (bicyclic) bond motifs is 1. The Labute approximate surface area is 160 Å². The first kappa shape index (κ1) is 19.2. The van der Waals surface area contributed by atoms with Crippen molar-refractivity contribution in [3.05, 3.63) is 52.3 Å². The van der Waals surface area contributed by atoms with E-state index in [1.807, 2.05) is 31.2 Å². The summed E-state index contributed by atoms with van der Waals surface area (Å²) in [5, 5.41) is 0. The predicted molar refractivity (Wildman–Crippen MR) is 104 cm³/mol. The van der Waals surface area contributed by atoms with Gasteiger partial charge in [-0.3, -0.25) is 4.79 Å². The minimum absolute atomic E-state index is 0.0795. The first-order chi connectivity index (χ1) is 13.0. The number of ketones is 1. The summed E-state index contributed by atoms with van der Waals surface area (Å²) in [6.45, 7) is 4.34. The van der Waals surface area contributed by atoms with Crippen LogP contribution in [0.5, 0.6) is 5.75 Å². The number of carbonyl (C=O) groups excluding carboxylic acids is 2. The molecular weight excluding hydrogens is 342 g/mol. The maximum absolute atomic E-state index is 12.8. The zero-order valence-corrected chi connectivity index (χ0v) is 16.3. The average molecular weight is 369 g/mol. The number of benzene rings is 1. The summed E-state index contributed by atoms with van der Waals surface area (Å²) in [6.07, 6.45) is 4.13. The number of aromatic amines is 1. The van der Waals surface area contributed by atoms with Gasteiger partial charge in [-0.1, -0.05) is 31.9 Å². The van der Waals surface area contributed by atoms with Crippen molar-refractivity contribution >= 4 is 11.8 Å². The predicted octanol–water partition coefficient (Wildman–Crippen LogP) is 4.59. The Kier molecular flexibility index (Phi) is 5.99. The average Bonchev–Trinajstić information content (AvgIpc) is 3.02. The van der Waals surface area contributed by atoms with Crippen molar-refractivity contribution in [2.24, 2.45) is 0 Å². The summed E-state index contributed by atoms with van der Waals surface area (Å²) < 4.78 is 10.6. The van der Waals surface area contributed by atoms with Gasteiger partial charge in [-0.15, -0.1) is 0 Å². The molecule has 1 heterocycles. The third kappa shape index (κ3) is 4.07. The van der Waals surface area contributed by atoms with Crippen molar-refractivity contribution in [2.45, 2.75) is 51.9 Å². The molecule has 0 bridgehead atoms. The van der Waals surface area contributed by atoms with Gasteiger partial charge in [0.05, 0.1) is 13.7 Å². The van der Waals surface area contributed by atoms with Gasteiger partial charge in [-0.2, -0.15) is 0 Å². The number of ether oxygens (including phenoxy) is 2. The Morgan fingerprint density at radius 3 is 2.59 bits per heavy atom. The second-order valence-corrected chi connectivity index (χ2v) is 7.12. The molecule has 3 rings (SSSR count). The minimum Gasteiger partial charge on any atom is -0.497 e. The Bertz CT molecular complexity index is 820. The maximum Gasteiger partial charge on any atom is 0.355 e. The van der Waals surface area contributed by atoms with Crippen molar-refractivity contribution in [3.63, 3.8) is 0 Å². The van der Waals surface area contributed by atoms with Crippen molar-refractivity contribution in [1.29, 1.82) is 0 Å². The summed E-state index contributed by atoms with van der Waals surface area (Å²) >= 11 is 0. The molecule has 0 spiro atoms. The van der Waals surface area contributed by atoms with E-state index in [4.69, 9.17) is 9.47 Å². The van der Waals surface area contributed by atoms with E-state index >= 15 is 0 Å². The quantitative estimate of drug-likeness (QED) is 0.572. The summed E-state index contributed by atoms with van der Waals surface area (Å²) in [6, 6.07) is 7.82. The molecule has 5 heteroatoms. The standard InChI is InChI=1S/C22H27NO4/c1-4-5-6-11-27-22(25)21-14(2)20-18(23-21)12-16(13-19(20)24)15-7-9-17(26-3)10-8-15/h7-10,16,23H,4-6,11-13H2,1-3H3. The van der Waals surface area contributed by atoms with Gasteiger partial charge >= 0.3 is 5.97 Å². The minimum atomic E-state index is -0.369. The van der Waals surface area contributed by atoms with Crippen molar-refractivity contribution in [2.75, 3.05) is 13.7 Å². The van der Waals surface area contributed by atoms with Crippen LogP contribution in [0.3, 0.4) is 0 Å². The summed E-state index contributed by atoms with van der Waals surface area (Å²) in [5.41, 5.74) is 3.74. The monoisotopic (exact) mass is 369 g/mol. The molecule has 0 radical (unpaired) electrons. The largest absolute Gasteiger partial charge is 0.497 e. The number of carbonyl (C=O) groups is 2. The SMILES string of the molecule is CCCCCOC(=O)c1[nH]c2c(c1C)C(=O)CC(c1ccc(OC)cc1)C2. The molecule has 1 aromatic heterocycles. The smallest absolute Gasteiger partial charge is 0.355 e. The normalized spacial score (nSPS) is 16.1. The van der Waals surface area contributed by atoms with Crippen molar-refractivity contribution < 1.29 is 19.1 Å². The van der Waals surface area contributed by atoms with E-state index in [-0.39, 0.29) is 17.7 Å². The van der Waals surface area contributed by atoms with Crippen LogP contribution in [-0.4, -0.2) is 30.5 Å². The highest BCUT2D eigenvalue weighted by Crippen LogP contribution is 2.35. The molecule has 1 aliphatic rings. The molecule has 0 saturated carbocycles. The molecule has 2 aromatic rings. The van der Waals surface area contributed by atoms with Crippen LogP contribution in [0.25, 0.3) is 0 Å². The number of hydrogen-bond acceptors (Lipinski definition) is 4. The Hall–Kier alpha value is -2.56. The maximum atomic E-state index is 12.8. The fourth-order valence-electron chi connectivity index (χ4n) is 3.74. The Morgan fingerprint density at radius 2 is 1.93 bits per heavy atom. The van der Waals surface area contributed by atoms with Gasteiger partial charge in [0, 0.05) is 17.7 Å². The molecule has 1 N–H and O–H groups in total. The number of esters is 1. The Morgan fingerprint density at radius 1 is 1.19 bits per heavy atom. The third-order valence-corrected chi connectivity index (χ3v) is 5.26. The van der Waals surface area contributed by atoms with Crippen LogP contribution in [0, 0.1) is 6.92 Å². The molecule has 0 amide bonds. The molecule has 144 valence electrons. The molecule has 1 aromatic carbocycles. The second-order valence-electron chi connectivity index (χ2n) is 7.12. The highest BCUT2D eigenvalue weighted by Gasteiger charge is 2.32. The molecular formula is C22H27NO4. The topological polar surface area (TPSA) is 68.4 Å². The number of Topliss-reactive ketones (excluding diaryl/α,β-unsaturated/α-hetero) is 1. The lowest BCUT2D eigenvalue weighted by Gasteiger charge is -2.22. The summed E-state index contributed by atoms with van der Waals surface area (Å²) in [5.74, 6) is 0.607. The lowest BCUT2D eigenvalue weighted by Crippen LogP contribution is -2.18. The first-order valence-corrected chi connectivity index (χ1v) is 9.60. The zero-order chi connectivity index (χ0) is 19.4. The first-order valence-electron chi connectivity index (χ1n) is 9.60. The highest BCUT2D eigenvalue weighted by atomic mass is 16.5. The fraction of sp³-hybridized carbons (Fsp3) is 0.455. The van der Waals surface area contributed by atoms with Crippen LogP contribution in [0.1, 0.15) is 76.2 Å². The highest BCUT2D eigenvalue weighted by molar-refractivity contribution is 6.03.